The third-order valence-corrected chi connectivity index (χ3v) is 3.29. The molecule has 0 aliphatic rings. The fourth-order valence-electron chi connectivity index (χ4n) is 2.09. The maximum Gasteiger partial charge on any atom is 0.151 e. The molecule has 1 atom stereocenters. The van der Waals surface area contributed by atoms with Gasteiger partial charge in [-0.2, -0.15) is 0 Å². The second kappa shape index (κ2) is 4.35. The summed E-state index contributed by atoms with van der Waals surface area (Å²) in [7, 11) is 0. The molecule has 2 N–H and O–H groups in total. The largest absolute Gasteiger partial charge is 0.327 e. The number of para-hydroxylation sites is 1. The third-order valence-electron chi connectivity index (χ3n) is 3.29. The Morgan fingerprint density at radius 1 is 1.39 bits per heavy atom. The fraction of sp³-hybridized carbons (Fsp3) is 0.500. The Bertz CT molecular complexity index is 566. The Balaban J connectivity index is 2.68. The van der Waals surface area contributed by atoms with Gasteiger partial charge in [0, 0.05) is 6.54 Å². The van der Waals surface area contributed by atoms with Gasteiger partial charge in [-0.25, -0.2) is 9.37 Å². The molecule has 2 rings (SSSR count). The van der Waals surface area contributed by atoms with Crippen LogP contribution in [-0.4, -0.2) is 9.55 Å². The van der Waals surface area contributed by atoms with Gasteiger partial charge in [0.1, 0.15) is 11.3 Å². The first kappa shape index (κ1) is 13.0. The first-order chi connectivity index (χ1) is 8.36. The minimum Gasteiger partial charge on any atom is -0.327 e. The van der Waals surface area contributed by atoms with Crippen LogP contribution in [0.2, 0.25) is 0 Å². The number of hydrogen-bond donors (Lipinski definition) is 1. The molecule has 1 unspecified atom stereocenters. The molecular formula is C14H20FN3. The van der Waals surface area contributed by atoms with E-state index in [0.29, 0.717) is 5.52 Å². The number of aryl methyl sites for hydroxylation is 1. The van der Waals surface area contributed by atoms with Gasteiger partial charge >= 0.3 is 0 Å². The van der Waals surface area contributed by atoms with Crippen molar-refractivity contribution in [1.82, 2.24) is 9.55 Å². The molecule has 18 heavy (non-hydrogen) atoms. The van der Waals surface area contributed by atoms with Crippen LogP contribution >= 0.6 is 0 Å². The van der Waals surface area contributed by atoms with E-state index in [1.807, 2.05) is 17.6 Å². The maximum atomic E-state index is 13.8. The lowest BCUT2D eigenvalue weighted by atomic mass is 9.87. The first-order valence-electron chi connectivity index (χ1n) is 6.26. The molecule has 0 saturated carbocycles. The van der Waals surface area contributed by atoms with Crippen LogP contribution in [0.5, 0.6) is 0 Å². The van der Waals surface area contributed by atoms with Crippen molar-refractivity contribution < 1.29 is 4.39 Å². The molecule has 0 aliphatic heterocycles. The van der Waals surface area contributed by atoms with E-state index in [-0.39, 0.29) is 17.3 Å². The van der Waals surface area contributed by atoms with Gasteiger partial charge in [0.25, 0.3) is 0 Å². The molecule has 0 radical (unpaired) electrons. The van der Waals surface area contributed by atoms with Crippen LogP contribution < -0.4 is 5.73 Å². The topological polar surface area (TPSA) is 43.8 Å². The van der Waals surface area contributed by atoms with E-state index in [2.05, 4.69) is 25.8 Å². The molecule has 98 valence electrons. The van der Waals surface area contributed by atoms with Gasteiger partial charge in [0.2, 0.25) is 0 Å². The Hall–Kier alpha value is -1.42. The van der Waals surface area contributed by atoms with E-state index in [4.69, 9.17) is 5.73 Å². The molecule has 4 heteroatoms. The summed E-state index contributed by atoms with van der Waals surface area (Å²) in [5.74, 6) is 0.465. The normalized spacial score (nSPS) is 14.1. The van der Waals surface area contributed by atoms with Crippen LogP contribution in [-0.2, 0) is 6.54 Å². The lowest BCUT2D eigenvalue weighted by Gasteiger charge is -2.26. The number of benzene rings is 1. The van der Waals surface area contributed by atoms with Gasteiger partial charge in [0.05, 0.1) is 11.6 Å². The molecule has 1 heterocycles. The van der Waals surface area contributed by atoms with Gasteiger partial charge in [-0.05, 0) is 24.5 Å². The minimum atomic E-state index is -0.290. The van der Waals surface area contributed by atoms with Crippen LogP contribution in [0.15, 0.2) is 18.2 Å². The van der Waals surface area contributed by atoms with Crippen LogP contribution in [0.4, 0.5) is 4.39 Å². The van der Waals surface area contributed by atoms with E-state index in [9.17, 15) is 4.39 Å². The zero-order valence-electron chi connectivity index (χ0n) is 11.4. The zero-order valence-corrected chi connectivity index (χ0v) is 11.4. The number of rotatable bonds is 2. The van der Waals surface area contributed by atoms with Crippen LogP contribution in [0.25, 0.3) is 11.0 Å². The van der Waals surface area contributed by atoms with E-state index < -0.39 is 0 Å². The third kappa shape index (κ3) is 2.01. The predicted octanol–water partition coefficient (Wildman–Crippen LogP) is 3.24. The number of imidazole rings is 1. The van der Waals surface area contributed by atoms with Crippen molar-refractivity contribution >= 4 is 11.0 Å². The van der Waals surface area contributed by atoms with Crippen LogP contribution in [0.3, 0.4) is 0 Å². The standard InChI is InChI=1S/C14H20FN3/c1-5-18-10-8-6-7-9(15)11(10)17-13(18)12(16)14(2,3)4/h6-8,12H,5,16H2,1-4H3. The highest BCUT2D eigenvalue weighted by Gasteiger charge is 2.27. The molecule has 0 saturated heterocycles. The van der Waals surface area contributed by atoms with Crippen molar-refractivity contribution in [2.75, 3.05) is 0 Å². The summed E-state index contributed by atoms with van der Waals surface area (Å²) in [5.41, 5.74) is 7.37. The summed E-state index contributed by atoms with van der Waals surface area (Å²) in [6, 6.07) is 4.80. The van der Waals surface area contributed by atoms with Crippen molar-refractivity contribution in [2.45, 2.75) is 40.3 Å². The Kier molecular flexibility index (Phi) is 3.15. The highest BCUT2D eigenvalue weighted by atomic mass is 19.1. The van der Waals surface area contributed by atoms with E-state index in [0.717, 1.165) is 17.9 Å². The molecule has 0 fully saturated rings. The van der Waals surface area contributed by atoms with Gasteiger partial charge in [0.15, 0.2) is 5.82 Å². The lowest BCUT2D eigenvalue weighted by molar-refractivity contribution is 0.309. The first-order valence-corrected chi connectivity index (χ1v) is 6.26. The molecule has 3 nitrogen and oxygen atoms in total. The SMILES string of the molecule is CCn1c(C(N)C(C)(C)C)nc2c(F)cccc21. The fourth-order valence-corrected chi connectivity index (χ4v) is 2.09. The van der Waals surface area contributed by atoms with Gasteiger partial charge in [-0.1, -0.05) is 26.8 Å². The number of hydrogen-bond acceptors (Lipinski definition) is 2. The predicted molar refractivity (Wildman–Crippen MR) is 71.7 cm³/mol. The van der Waals surface area contributed by atoms with Gasteiger partial charge in [-0.3, -0.25) is 0 Å². The van der Waals surface area contributed by atoms with Crippen LogP contribution in [0.1, 0.15) is 39.6 Å². The van der Waals surface area contributed by atoms with Gasteiger partial charge in [-0.15, -0.1) is 0 Å². The average molecular weight is 249 g/mol. The Morgan fingerprint density at radius 3 is 2.61 bits per heavy atom. The van der Waals surface area contributed by atoms with Crippen molar-refractivity contribution in [3.63, 3.8) is 0 Å². The summed E-state index contributed by atoms with van der Waals surface area (Å²) >= 11 is 0. The summed E-state index contributed by atoms with van der Waals surface area (Å²) < 4.78 is 15.8. The summed E-state index contributed by atoms with van der Waals surface area (Å²) in [5, 5.41) is 0. The Labute approximate surface area is 107 Å². The molecule has 0 spiro atoms. The van der Waals surface area contributed by atoms with Crippen molar-refractivity contribution in [3.8, 4) is 0 Å². The Morgan fingerprint density at radius 2 is 2.06 bits per heavy atom. The van der Waals surface area contributed by atoms with Crippen molar-refractivity contribution in [1.29, 1.82) is 0 Å². The number of halogens is 1. The second-order valence-electron chi connectivity index (χ2n) is 5.67. The molecule has 0 bridgehead atoms. The lowest BCUT2D eigenvalue weighted by Crippen LogP contribution is -2.29. The number of nitrogens with two attached hydrogens (primary N) is 1. The monoisotopic (exact) mass is 249 g/mol. The van der Waals surface area contributed by atoms with Crippen molar-refractivity contribution in [2.24, 2.45) is 11.1 Å². The number of nitrogens with zero attached hydrogens (tertiary/aromatic N) is 2. The maximum absolute atomic E-state index is 13.8. The number of fused-ring (bicyclic) bond motifs is 1. The average Bonchev–Trinajstić information content (AvgIpc) is 2.66. The molecule has 1 aromatic carbocycles. The summed E-state index contributed by atoms with van der Waals surface area (Å²) in [4.78, 5) is 4.41. The van der Waals surface area contributed by atoms with Crippen molar-refractivity contribution in [3.05, 3.63) is 29.8 Å². The highest BCUT2D eigenvalue weighted by Crippen LogP contribution is 2.32. The molecule has 0 aliphatic carbocycles. The molecule has 0 amide bonds. The highest BCUT2D eigenvalue weighted by molar-refractivity contribution is 5.76. The van der Waals surface area contributed by atoms with E-state index >= 15 is 0 Å². The van der Waals surface area contributed by atoms with Crippen LogP contribution in [0, 0.1) is 11.2 Å². The second-order valence-corrected chi connectivity index (χ2v) is 5.67. The summed E-state index contributed by atoms with van der Waals surface area (Å²) in [6.45, 7) is 8.94. The molecule has 1 aromatic heterocycles. The van der Waals surface area contributed by atoms with E-state index in [1.165, 1.54) is 6.07 Å². The van der Waals surface area contributed by atoms with Gasteiger partial charge < -0.3 is 10.3 Å². The zero-order chi connectivity index (χ0) is 13.5. The van der Waals surface area contributed by atoms with E-state index in [1.54, 1.807) is 6.07 Å². The minimum absolute atomic E-state index is 0.106. The molecular weight excluding hydrogens is 229 g/mol. The molecule has 2 aromatic rings. The quantitative estimate of drug-likeness (QED) is 0.888. The smallest absolute Gasteiger partial charge is 0.151 e. The number of aromatic nitrogens is 2. The summed E-state index contributed by atoms with van der Waals surface area (Å²) in [6.07, 6.45) is 0.